The van der Waals surface area contributed by atoms with Crippen molar-refractivity contribution in [2.45, 2.75) is 4.90 Å². The van der Waals surface area contributed by atoms with E-state index < -0.39 is 10.0 Å². The summed E-state index contributed by atoms with van der Waals surface area (Å²) in [5, 5.41) is 22.2. The van der Waals surface area contributed by atoms with Crippen molar-refractivity contribution >= 4 is 33.0 Å². The van der Waals surface area contributed by atoms with Crippen molar-refractivity contribution in [3.05, 3.63) is 47.5 Å². The van der Waals surface area contributed by atoms with Crippen molar-refractivity contribution in [3.63, 3.8) is 0 Å². The van der Waals surface area contributed by atoms with Crippen LogP contribution in [0.1, 0.15) is 0 Å². The average Bonchev–Trinajstić information content (AvgIpc) is 2.39. The number of nitrogens with two attached hydrogens (primary N) is 1. The maximum absolute atomic E-state index is 11.2. The van der Waals surface area contributed by atoms with Crippen LogP contribution in [0.5, 0.6) is 5.75 Å². The van der Waals surface area contributed by atoms with Gasteiger partial charge in [-0.1, -0.05) is 17.7 Å². The minimum absolute atomic E-state index is 0.0438. The third-order valence-electron chi connectivity index (χ3n) is 2.36. The molecule has 0 aliphatic heterocycles. The smallest absolute Gasteiger partial charge is 0.238 e. The fraction of sp³-hybridized carbons (Fsp3) is 0. The predicted molar refractivity (Wildman–Crippen MR) is 75.1 cm³/mol. The maximum atomic E-state index is 11.2. The summed E-state index contributed by atoms with van der Waals surface area (Å²) < 4.78 is 22.4. The van der Waals surface area contributed by atoms with Gasteiger partial charge in [0, 0.05) is 0 Å². The van der Waals surface area contributed by atoms with Crippen molar-refractivity contribution < 1.29 is 13.5 Å². The largest absolute Gasteiger partial charge is 0.506 e. The number of phenols is 1. The number of azo groups is 1. The molecule has 2 aromatic rings. The Bertz CT molecular complexity index is 775. The molecule has 3 N–H and O–H groups in total. The minimum Gasteiger partial charge on any atom is -0.506 e. The van der Waals surface area contributed by atoms with Crippen LogP contribution in [0.25, 0.3) is 0 Å². The first-order valence-electron chi connectivity index (χ1n) is 5.39. The average molecular weight is 312 g/mol. The van der Waals surface area contributed by atoms with Gasteiger partial charge in [-0.3, -0.25) is 0 Å². The van der Waals surface area contributed by atoms with Gasteiger partial charge in [-0.05, 0) is 36.4 Å². The van der Waals surface area contributed by atoms with Crippen LogP contribution < -0.4 is 5.14 Å². The van der Waals surface area contributed by atoms with Gasteiger partial charge in [0.25, 0.3) is 0 Å². The Morgan fingerprint density at radius 3 is 2.30 bits per heavy atom. The number of halogens is 1. The van der Waals surface area contributed by atoms with Crippen molar-refractivity contribution in [2.24, 2.45) is 15.4 Å². The molecule has 0 saturated carbocycles. The van der Waals surface area contributed by atoms with E-state index in [1.54, 1.807) is 6.07 Å². The van der Waals surface area contributed by atoms with Crippen LogP contribution in [-0.2, 0) is 10.0 Å². The van der Waals surface area contributed by atoms with Crippen LogP contribution in [0.2, 0.25) is 5.02 Å². The SMILES string of the molecule is NS(=O)(=O)c1cccc(/N=N/c2ccc(O)c(Cl)c2)c1. The molecule has 2 rings (SSSR count). The third-order valence-corrected chi connectivity index (χ3v) is 3.57. The van der Waals surface area contributed by atoms with Gasteiger partial charge in [0.2, 0.25) is 10.0 Å². The first-order chi connectivity index (χ1) is 9.36. The van der Waals surface area contributed by atoms with E-state index in [-0.39, 0.29) is 15.7 Å². The van der Waals surface area contributed by atoms with Gasteiger partial charge < -0.3 is 5.11 Å². The van der Waals surface area contributed by atoms with E-state index in [2.05, 4.69) is 10.2 Å². The molecule has 0 radical (unpaired) electrons. The Morgan fingerprint density at radius 2 is 1.70 bits per heavy atom. The normalized spacial score (nSPS) is 11.9. The van der Waals surface area contributed by atoms with Crippen molar-refractivity contribution in [2.75, 3.05) is 0 Å². The van der Waals surface area contributed by atoms with Gasteiger partial charge in [-0.15, -0.1) is 0 Å². The van der Waals surface area contributed by atoms with E-state index in [1.807, 2.05) is 0 Å². The molecule has 0 aromatic heterocycles. The number of hydrogen-bond donors (Lipinski definition) is 2. The van der Waals surface area contributed by atoms with E-state index in [1.165, 1.54) is 36.4 Å². The number of primary sulfonamides is 1. The lowest BCUT2D eigenvalue weighted by Crippen LogP contribution is -2.11. The summed E-state index contributed by atoms with van der Waals surface area (Å²) in [6.07, 6.45) is 0. The highest BCUT2D eigenvalue weighted by molar-refractivity contribution is 7.89. The number of nitrogens with zero attached hydrogens (tertiary/aromatic N) is 2. The zero-order chi connectivity index (χ0) is 14.8. The fourth-order valence-electron chi connectivity index (χ4n) is 1.40. The number of phenolic OH excluding ortho intramolecular Hbond substituents is 1. The van der Waals surface area contributed by atoms with Crippen LogP contribution in [0.4, 0.5) is 11.4 Å². The molecule has 0 bridgehead atoms. The summed E-state index contributed by atoms with van der Waals surface area (Å²) in [7, 11) is -3.78. The summed E-state index contributed by atoms with van der Waals surface area (Å²) in [4.78, 5) is -0.0438. The number of aromatic hydroxyl groups is 1. The highest BCUT2D eigenvalue weighted by Crippen LogP contribution is 2.28. The molecule has 0 fully saturated rings. The van der Waals surface area contributed by atoms with Gasteiger partial charge in [0.1, 0.15) is 5.75 Å². The lowest BCUT2D eigenvalue weighted by molar-refractivity contribution is 0.475. The van der Waals surface area contributed by atoms with Crippen LogP contribution >= 0.6 is 11.6 Å². The summed E-state index contributed by atoms with van der Waals surface area (Å²) in [5.41, 5.74) is 0.759. The molecule has 0 heterocycles. The lowest BCUT2D eigenvalue weighted by atomic mass is 10.3. The molecule has 0 amide bonds. The molecule has 8 heteroatoms. The van der Waals surface area contributed by atoms with Crippen molar-refractivity contribution in [3.8, 4) is 5.75 Å². The third kappa shape index (κ3) is 3.53. The minimum atomic E-state index is -3.78. The predicted octanol–water partition coefficient (Wildman–Crippen LogP) is 3.11. The summed E-state index contributed by atoms with van der Waals surface area (Å²) in [6.45, 7) is 0. The lowest BCUT2D eigenvalue weighted by Gasteiger charge is -1.99. The molecule has 0 spiro atoms. The molecule has 6 nitrogen and oxygen atoms in total. The van der Waals surface area contributed by atoms with Gasteiger partial charge >= 0.3 is 0 Å². The molecule has 0 atom stereocenters. The standard InChI is InChI=1S/C12H10ClN3O3S/c13-11-7-9(4-5-12(11)17)16-15-8-2-1-3-10(6-8)20(14,18)19/h1-7,17H,(H2,14,18,19)/b16-15+. The molecule has 20 heavy (non-hydrogen) atoms. The maximum Gasteiger partial charge on any atom is 0.238 e. The van der Waals surface area contributed by atoms with E-state index >= 15 is 0 Å². The number of hydrogen-bond acceptors (Lipinski definition) is 5. The molecular formula is C12H10ClN3O3S. The topological polar surface area (TPSA) is 105 Å². The van der Waals surface area contributed by atoms with E-state index in [0.717, 1.165) is 0 Å². The number of sulfonamides is 1. The Labute approximate surface area is 120 Å². The van der Waals surface area contributed by atoms with Gasteiger partial charge in [-0.25, -0.2) is 13.6 Å². The fourth-order valence-corrected chi connectivity index (χ4v) is 2.12. The van der Waals surface area contributed by atoms with Crippen molar-refractivity contribution in [1.82, 2.24) is 0 Å². The number of rotatable bonds is 3. The van der Waals surface area contributed by atoms with Gasteiger partial charge in [-0.2, -0.15) is 10.2 Å². The van der Waals surface area contributed by atoms with Crippen LogP contribution in [0, 0.1) is 0 Å². The highest BCUT2D eigenvalue weighted by Gasteiger charge is 2.07. The molecule has 0 unspecified atom stereocenters. The quantitative estimate of drug-likeness (QED) is 0.850. The highest BCUT2D eigenvalue weighted by atomic mass is 35.5. The van der Waals surface area contributed by atoms with Crippen LogP contribution in [0.3, 0.4) is 0 Å². The van der Waals surface area contributed by atoms with Crippen LogP contribution in [-0.4, -0.2) is 13.5 Å². The summed E-state index contributed by atoms with van der Waals surface area (Å²) in [6, 6.07) is 10.1. The van der Waals surface area contributed by atoms with Crippen LogP contribution in [0.15, 0.2) is 57.6 Å². The van der Waals surface area contributed by atoms with E-state index in [9.17, 15) is 13.5 Å². The Kier molecular flexibility index (Phi) is 4.03. The first-order valence-corrected chi connectivity index (χ1v) is 7.32. The molecule has 0 saturated heterocycles. The Morgan fingerprint density at radius 1 is 1.05 bits per heavy atom. The second kappa shape index (κ2) is 5.58. The Balaban J connectivity index is 2.30. The van der Waals surface area contributed by atoms with E-state index in [0.29, 0.717) is 11.4 Å². The monoisotopic (exact) mass is 311 g/mol. The van der Waals surface area contributed by atoms with Crippen molar-refractivity contribution in [1.29, 1.82) is 0 Å². The summed E-state index contributed by atoms with van der Waals surface area (Å²) in [5.74, 6) is -0.0539. The van der Waals surface area contributed by atoms with Gasteiger partial charge in [0.05, 0.1) is 21.3 Å². The molecule has 0 aliphatic carbocycles. The number of benzene rings is 2. The molecule has 104 valence electrons. The Hall–Kier alpha value is -1.96. The van der Waals surface area contributed by atoms with E-state index in [4.69, 9.17) is 16.7 Å². The second-order valence-corrected chi connectivity index (χ2v) is 5.85. The molecule has 2 aromatic carbocycles. The summed E-state index contributed by atoms with van der Waals surface area (Å²) >= 11 is 5.73. The first kappa shape index (κ1) is 14.4. The zero-order valence-electron chi connectivity index (χ0n) is 10.1. The zero-order valence-corrected chi connectivity index (χ0v) is 11.6. The van der Waals surface area contributed by atoms with Gasteiger partial charge in [0.15, 0.2) is 0 Å². The second-order valence-electron chi connectivity index (χ2n) is 3.88. The molecular weight excluding hydrogens is 302 g/mol. The molecule has 0 aliphatic rings.